The predicted octanol–water partition coefficient (Wildman–Crippen LogP) is -1.94. The molecule has 0 saturated carbocycles. The molecular formula is C20H28O10. The minimum absolute atomic E-state index is 0.335. The maximum absolute atomic E-state index is 10.2. The zero-order valence-corrected chi connectivity index (χ0v) is 16.3. The molecule has 2 heterocycles. The Balaban J connectivity index is 1.61. The average Bonchev–Trinajstić information content (AvgIpc) is 3.04. The molecule has 6 N–H and O–H groups in total. The Morgan fingerprint density at radius 1 is 1.07 bits per heavy atom. The van der Waals surface area contributed by atoms with Crippen molar-refractivity contribution in [3.8, 4) is 5.75 Å². The van der Waals surface area contributed by atoms with Crippen LogP contribution in [-0.2, 0) is 20.6 Å². The number of aliphatic hydroxyl groups is 6. The highest BCUT2D eigenvalue weighted by Gasteiger charge is 2.50. The smallest absolute Gasteiger partial charge is 0.229 e. The van der Waals surface area contributed by atoms with Crippen molar-refractivity contribution in [2.24, 2.45) is 0 Å². The van der Waals surface area contributed by atoms with Crippen molar-refractivity contribution in [2.45, 2.75) is 55.1 Å². The van der Waals surface area contributed by atoms with E-state index >= 15 is 0 Å². The highest BCUT2D eigenvalue weighted by atomic mass is 16.7. The minimum Gasteiger partial charge on any atom is -0.462 e. The minimum atomic E-state index is -1.85. The summed E-state index contributed by atoms with van der Waals surface area (Å²) in [6.07, 6.45) is -7.31. The molecule has 1 aromatic carbocycles. The van der Waals surface area contributed by atoms with Crippen LogP contribution in [0.4, 0.5) is 0 Å². The molecule has 0 amide bonds. The van der Waals surface area contributed by atoms with Crippen LogP contribution in [0.2, 0.25) is 0 Å². The number of ether oxygens (including phenoxy) is 4. The molecule has 0 spiro atoms. The second-order valence-electron chi connectivity index (χ2n) is 7.49. The van der Waals surface area contributed by atoms with Gasteiger partial charge in [-0.05, 0) is 24.1 Å². The lowest BCUT2D eigenvalue weighted by Gasteiger charge is -2.40. The number of aliphatic hydroxyl groups excluding tert-OH is 5. The van der Waals surface area contributed by atoms with Crippen LogP contribution >= 0.6 is 0 Å². The maximum Gasteiger partial charge on any atom is 0.229 e. The lowest BCUT2D eigenvalue weighted by Crippen LogP contribution is -2.60. The molecule has 0 bridgehead atoms. The van der Waals surface area contributed by atoms with E-state index in [0.29, 0.717) is 12.2 Å². The summed E-state index contributed by atoms with van der Waals surface area (Å²) in [7, 11) is 0. The van der Waals surface area contributed by atoms with E-state index in [4.69, 9.17) is 24.1 Å². The highest BCUT2D eigenvalue weighted by Crippen LogP contribution is 2.28. The fourth-order valence-corrected chi connectivity index (χ4v) is 3.28. The Hall–Kier alpha value is -1.60. The third-order valence-electron chi connectivity index (χ3n) is 5.23. The van der Waals surface area contributed by atoms with E-state index in [0.717, 1.165) is 5.56 Å². The average molecular weight is 428 g/mol. The summed E-state index contributed by atoms with van der Waals surface area (Å²) in [4.78, 5) is 0. The van der Waals surface area contributed by atoms with Crippen LogP contribution in [0.3, 0.4) is 0 Å². The Morgan fingerprint density at radius 2 is 1.77 bits per heavy atom. The van der Waals surface area contributed by atoms with Crippen molar-refractivity contribution in [2.75, 3.05) is 19.8 Å². The molecule has 30 heavy (non-hydrogen) atoms. The molecule has 10 nitrogen and oxygen atoms in total. The molecule has 2 aliphatic rings. The second-order valence-corrected chi connectivity index (χ2v) is 7.49. The fourth-order valence-electron chi connectivity index (χ4n) is 3.28. The van der Waals surface area contributed by atoms with Gasteiger partial charge in [0, 0.05) is 0 Å². The summed E-state index contributed by atoms with van der Waals surface area (Å²) in [5.74, 6) is 0.387. The molecule has 10 heteroatoms. The van der Waals surface area contributed by atoms with Gasteiger partial charge in [0.1, 0.15) is 41.9 Å². The Kier molecular flexibility index (Phi) is 7.45. The zero-order chi connectivity index (χ0) is 21.9. The van der Waals surface area contributed by atoms with Gasteiger partial charge in [-0.15, -0.1) is 6.58 Å². The van der Waals surface area contributed by atoms with Crippen molar-refractivity contribution in [1.82, 2.24) is 0 Å². The van der Waals surface area contributed by atoms with E-state index in [1.165, 1.54) is 0 Å². The lowest BCUT2D eigenvalue weighted by molar-refractivity contribution is -0.289. The molecule has 0 aromatic heterocycles. The zero-order valence-electron chi connectivity index (χ0n) is 16.3. The Labute approximate surface area is 173 Å². The molecule has 0 radical (unpaired) electrons. The molecule has 8 atom stereocenters. The van der Waals surface area contributed by atoms with Gasteiger partial charge in [0.05, 0.1) is 19.8 Å². The molecule has 2 aliphatic heterocycles. The number of allylic oxidation sites excluding steroid dienone is 1. The Bertz CT molecular complexity index is 697. The predicted molar refractivity (Wildman–Crippen MR) is 101 cm³/mol. The van der Waals surface area contributed by atoms with Gasteiger partial charge in [-0.3, -0.25) is 0 Å². The molecule has 2 fully saturated rings. The number of hydrogen-bond donors (Lipinski definition) is 6. The third-order valence-corrected chi connectivity index (χ3v) is 5.23. The van der Waals surface area contributed by atoms with Gasteiger partial charge in [-0.25, -0.2) is 0 Å². The summed E-state index contributed by atoms with van der Waals surface area (Å²) in [6.45, 7) is 2.28. The van der Waals surface area contributed by atoms with Crippen LogP contribution in [-0.4, -0.2) is 99.2 Å². The van der Waals surface area contributed by atoms with E-state index in [9.17, 15) is 25.5 Å². The van der Waals surface area contributed by atoms with Gasteiger partial charge in [0.2, 0.25) is 6.29 Å². The summed E-state index contributed by atoms with van der Waals surface area (Å²) in [6, 6.07) is 6.99. The molecule has 2 saturated heterocycles. The van der Waals surface area contributed by atoms with Crippen molar-refractivity contribution in [3.63, 3.8) is 0 Å². The van der Waals surface area contributed by atoms with Crippen molar-refractivity contribution >= 4 is 0 Å². The van der Waals surface area contributed by atoms with Crippen molar-refractivity contribution in [3.05, 3.63) is 42.5 Å². The number of rotatable bonds is 8. The van der Waals surface area contributed by atoms with Crippen molar-refractivity contribution in [1.29, 1.82) is 0 Å². The maximum atomic E-state index is 10.2. The lowest BCUT2D eigenvalue weighted by atomic mass is 9.99. The van der Waals surface area contributed by atoms with Crippen LogP contribution < -0.4 is 4.74 Å². The van der Waals surface area contributed by atoms with Crippen LogP contribution in [0.5, 0.6) is 5.75 Å². The van der Waals surface area contributed by atoms with Crippen LogP contribution in [0, 0.1) is 0 Å². The van der Waals surface area contributed by atoms with Gasteiger partial charge in [-0.1, -0.05) is 18.2 Å². The first-order valence-corrected chi connectivity index (χ1v) is 9.59. The standard InChI is InChI=1S/C20H28O10/c1-2-3-11-4-6-12(7-5-11)29-18-16(24)15(23)14(22)13(30-18)8-27-19-17(25)20(26,9-21)10-28-19/h2,4-7,13-19,21-26H,1,3,8-10H2/t13-,14+,15-,16+,17+,18+,19+,20-/m0/s1. The summed E-state index contributed by atoms with van der Waals surface area (Å²) >= 11 is 0. The van der Waals surface area contributed by atoms with Gasteiger partial charge in [-0.2, -0.15) is 0 Å². The first-order valence-electron chi connectivity index (χ1n) is 9.59. The SMILES string of the molecule is C=CCc1ccc(O[C@@H]2O[C@@H](CO[C@@H]3OC[C@@](O)(CO)[C@@H]3O)[C@@H](O)[C@H](O)[C@H]2O)cc1. The molecule has 0 unspecified atom stereocenters. The van der Waals surface area contributed by atoms with Crippen molar-refractivity contribution < 1.29 is 49.6 Å². The number of hydrogen-bond acceptors (Lipinski definition) is 10. The van der Waals surface area contributed by atoms with Gasteiger partial charge >= 0.3 is 0 Å². The van der Waals surface area contributed by atoms with E-state index in [-0.39, 0.29) is 13.2 Å². The normalized spacial score (nSPS) is 39.1. The van der Waals surface area contributed by atoms with Gasteiger partial charge in [0.25, 0.3) is 0 Å². The van der Waals surface area contributed by atoms with E-state index < -0.39 is 55.3 Å². The molecule has 168 valence electrons. The first-order chi connectivity index (χ1) is 14.3. The summed E-state index contributed by atoms with van der Waals surface area (Å²) < 4.78 is 21.7. The quantitative estimate of drug-likeness (QED) is 0.257. The molecular weight excluding hydrogens is 400 g/mol. The van der Waals surface area contributed by atoms with Crippen LogP contribution in [0.25, 0.3) is 0 Å². The van der Waals surface area contributed by atoms with Crippen LogP contribution in [0.15, 0.2) is 36.9 Å². The second kappa shape index (κ2) is 9.69. The van der Waals surface area contributed by atoms with E-state index in [1.807, 2.05) is 12.1 Å². The fraction of sp³-hybridized carbons (Fsp3) is 0.600. The molecule has 0 aliphatic carbocycles. The van der Waals surface area contributed by atoms with Crippen LogP contribution in [0.1, 0.15) is 5.56 Å². The third kappa shape index (κ3) is 4.83. The topological polar surface area (TPSA) is 158 Å². The van der Waals surface area contributed by atoms with E-state index in [1.54, 1.807) is 18.2 Å². The first kappa shape index (κ1) is 23.1. The molecule has 1 aromatic rings. The largest absolute Gasteiger partial charge is 0.462 e. The summed E-state index contributed by atoms with van der Waals surface area (Å²) in [5, 5.41) is 59.7. The van der Waals surface area contributed by atoms with Gasteiger partial charge in [0.15, 0.2) is 6.29 Å². The van der Waals surface area contributed by atoms with Gasteiger partial charge < -0.3 is 49.6 Å². The molecule has 3 rings (SSSR count). The monoisotopic (exact) mass is 428 g/mol. The Morgan fingerprint density at radius 3 is 2.37 bits per heavy atom. The van der Waals surface area contributed by atoms with E-state index in [2.05, 4.69) is 6.58 Å². The number of benzene rings is 1. The summed E-state index contributed by atoms with van der Waals surface area (Å²) in [5.41, 5.74) is -0.835. The highest BCUT2D eigenvalue weighted by molar-refractivity contribution is 5.28.